The minimum Gasteiger partial charge on any atom is -0.496 e. The Morgan fingerprint density at radius 2 is 2.09 bits per heavy atom. The Bertz CT molecular complexity index is 813. The van der Waals surface area contributed by atoms with Crippen molar-refractivity contribution >= 4 is 10.9 Å². The average Bonchev–Trinajstić information content (AvgIpc) is 3.22. The van der Waals surface area contributed by atoms with E-state index in [1.165, 1.54) is 0 Å². The fourth-order valence-corrected chi connectivity index (χ4v) is 3.07. The maximum absolute atomic E-state index is 12.8. The number of hydrogen-bond acceptors (Lipinski definition) is 5. The van der Waals surface area contributed by atoms with E-state index < -0.39 is 5.60 Å². The molecule has 124 valence electrons. The first-order valence-corrected chi connectivity index (χ1v) is 7.48. The van der Waals surface area contributed by atoms with Crippen molar-refractivity contribution in [1.82, 2.24) is 4.57 Å². The Morgan fingerprint density at radius 1 is 1.35 bits per heavy atom. The van der Waals surface area contributed by atoms with Gasteiger partial charge in [0.05, 0.1) is 38.0 Å². The van der Waals surface area contributed by atoms with E-state index in [0.717, 1.165) is 5.39 Å². The monoisotopic (exact) mass is 319 g/mol. The number of aryl methyl sites for hydroxylation is 1. The second-order valence-electron chi connectivity index (χ2n) is 6.01. The number of benzene rings is 1. The number of nitrogens with zero attached hydrogens (tertiary/aromatic N) is 1. The highest BCUT2D eigenvalue weighted by Gasteiger charge is 2.52. The predicted octanol–water partition coefficient (Wildman–Crippen LogP) is 1.25. The van der Waals surface area contributed by atoms with Crippen LogP contribution >= 0.6 is 0 Å². The summed E-state index contributed by atoms with van der Waals surface area (Å²) in [6.45, 7) is 1.76. The minimum absolute atomic E-state index is 0.0678. The molecule has 1 aromatic heterocycles. The van der Waals surface area contributed by atoms with E-state index in [1.54, 1.807) is 25.8 Å². The molecule has 2 aromatic rings. The lowest BCUT2D eigenvalue weighted by atomic mass is 10.00. The highest BCUT2D eigenvalue weighted by Crippen LogP contribution is 2.40. The van der Waals surface area contributed by atoms with Gasteiger partial charge in [-0.05, 0) is 19.1 Å². The van der Waals surface area contributed by atoms with E-state index in [1.807, 2.05) is 25.1 Å². The van der Waals surface area contributed by atoms with Gasteiger partial charge in [0.2, 0.25) is 0 Å². The van der Waals surface area contributed by atoms with Crippen LogP contribution in [0.5, 0.6) is 11.5 Å². The summed E-state index contributed by atoms with van der Waals surface area (Å²) >= 11 is 0. The van der Waals surface area contributed by atoms with Crippen LogP contribution in [0.4, 0.5) is 0 Å². The molecule has 0 amide bonds. The van der Waals surface area contributed by atoms with Gasteiger partial charge in [-0.25, -0.2) is 0 Å². The summed E-state index contributed by atoms with van der Waals surface area (Å²) in [5, 5.41) is 10.2. The van der Waals surface area contributed by atoms with Gasteiger partial charge < -0.3 is 23.9 Å². The van der Waals surface area contributed by atoms with Crippen molar-refractivity contribution in [1.29, 1.82) is 0 Å². The van der Waals surface area contributed by atoms with Crippen molar-refractivity contribution in [2.24, 2.45) is 7.05 Å². The molecule has 1 fully saturated rings. The van der Waals surface area contributed by atoms with Crippen molar-refractivity contribution in [3.05, 3.63) is 34.1 Å². The molecule has 2 heterocycles. The third-order valence-corrected chi connectivity index (χ3v) is 4.58. The number of para-hydroxylation sites is 1. The van der Waals surface area contributed by atoms with Crippen LogP contribution in [-0.2, 0) is 18.2 Å². The van der Waals surface area contributed by atoms with Crippen molar-refractivity contribution in [3.8, 4) is 11.5 Å². The molecular weight excluding hydrogens is 298 g/mol. The number of ether oxygens (including phenoxy) is 3. The first kappa shape index (κ1) is 15.8. The molecule has 6 heteroatoms. The maximum atomic E-state index is 12.8. The van der Waals surface area contributed by atoms with Crippen LogP contribution < -0.4 is 15.0 Å². The molecule has 2 atom stereocenters. The highest BCUT2D eigenvalue weighted by atomic mass is 16.6. The Kier molecular flexibility index (Phi) is 3.82. The Hall–Kier alpha value is -2.05. The largest absolute Gasteiger partial charge is 0.496 e. The van der Waals surface area contributed by atoms with Gasteiger partial charge >= 0.3 is 0 Å². The number of pyridine rings is 1. The van der Waals surface area contributed by atoms with Crippen LogP contribution in [0.3, 0.4) is 0 Å². The summed E-state index contributed by atoms with van der Waals surface area (Å²) in [7, 11) is 4.84. The van der Waals surface area contributed by atoms with Gasteiger partial charge in [-0.15, -0.1) is 0 Å². The molecular formula is C17H21NO5. The molecule has 1 aromatic carbocycles. The van der Waals surface area contributed by atoms with Crippen molar-refractivity contribution in [3.63, 3.8) is 0 Å². The highest BCUT2D eigenvalue weighted by molar-refractivity contribution is 5.91. The quantitative estimate of drug-likeness (QED) is 0.840. The molecule has 1 aliphatic rings. The van der Waals surface area contributed by atoms with Gasteiger partial charge in [-0.3, -0.25) is 4.79 Å². The van der Waals surface area contributed by atoms with Gasteiger partial charge in [-0.2, -0.15) is 0 Å². The van der Waals surface area contributed by atoms with Crippen molar-refractivity contribution < 1.29 is 19.3 Å². The number of aliphatic hydroxyl groups excluding tert-OH is 1. The van der Waals surface area contributed by atoms with Crippen LogP contribution in [0, 0.1) is 0 Å². The number of epoxide rings is 1. The van der Waals surface area contributed by atoms with Crippen LogP contribution in [0.1, 0.15) is 12.5 Å². The van der Waals surface area contributed by atoms with Crippen LogP contribution in [0.25, 0.3) is 10.9 Å². The van der Waals surface area contributed by atoms with Crippen molar-refractivity contribution in [2.45, 2.75) is 25.0 Å². The molecule has 0 spiro atoms. The first-order valence-electron chi connectivity index (χ1n) is 7.48. The molecule has 0 bridgehead atoms. The third-order valence-electron chi connectivity index (χ3n) is 4.58. The number of aromatic nitrogens is 1. The normalized spacial score (nSPS) is 23.1. The molecule has 3 rings (SSSR count). The number of hydrogen-bond donors (Lipinski definition) is 1. The summed E-state index contributed by atoms with van der Waals surface area (Å²) in [5.41, 5.74) is 0.536. The molecule has 6 nitrogen and oxygen atoms in total. The molecule has 0 radical (unpaired) electrons. The van der Waals surface area contributed by atoms with E-state index in [4.69, 9.17) is 14.2 Å². The Balaban J connectivity index is 2.19. The zero-order valence-corrected chi connectivity index (χ0v) is 13.8. The number of fused-ring (bicyclic) bond motifs is 1. The summed E-state index contributed by atoms with van der Waals surface area (Å²) < 4.78 is 18.0. The number of rotatable bonds is 5. The zero-order chi connectivity index (χ0) is 16.8. The SMILES string of the molecule is COc1c(CC2OC2(C)CO)c(=O)n(C)c2c(OC)cccc12. The van der Waals surface area contributed by atoms with Gasteiger partial charge in [0.15, 0.2) is 0 Å². The lowest BCUT2D eigenvalue weighted by Gasteiger charge is -2.16. The van der Waals surface area contributed by atoms with E-state index in [2.05, 4.69) is 0 Å². The Labute approximate surface area is 134 Å². The van der Waals surface area contributed by atoms with Crippen LogP contribution in [0.2, 0.25) is 0 Å². The number of methoxy groups -OCH3 is 2. The van der Waals surface area contributed by atoms with E-state index >= 15 is 0 Å². The second kappa shape index (κ2) is 5.54. The summed E-state index contributed by atoms with van der Waals surface area (Å²) in [5.74, 6) is 1.16. The Morgan fingerprint density at radius 3 is 2.65 bits per heavy atom. The van der Waals surface area contributed by atoms with Crippen LogP contribution in [0.15, 0.2) is 23.0 Å². The lowest BCUT2D eigenvalue weighted by molar-refractivity contribution is 0.184. The topological polar surface area (TPSA) is 73.2 Å². The fraction of sp³-hybridized carbons (Fsp3) is 0.471. The van der Waals surface area contributed by atoms with Crippen molar-refractivity contribution in [2.75, 3.05) is 20.8 Å². The predicted molar refractivity (Wildman–Crippen MR) is 86.4 cm³/mol. The summed E-state index contributed by atoms with van der Waals surface area (Å²) in [6, 6.07) is 5.58. The lowest BCUT2D eigenvalue weighted by Crippen LogP contribution is -2.26. The van der Waals surface area contributed by atoms with Gasteiger partial charge in [0, 0.05) is 18.9 Å². The molecule has 2 unspecified atom stereocenters. The second-order valence-corrected chi connectivity index (χ2v) is 6.01. The van der Waals surface area contributed by atoms with E-state index in [9.17, 15) is 9.90 Å². The fourth-order valence-electron chi connectivity index (χ4n) is 3.07. The van der Waals surface area contributed by atoms with E-state index in [0.29, 0.717) is 29.0 Å². The molecule has 23 heavy (non-hydrogen) atoms. The maximum Gasteiger partial charge on any atom is 0.257 e. The summed E-state index contributed by atoms with van der Waals surface area (Å²) in [6.07, 6.45) is 0.220. The zero-order valence-electron chi connectivity index (χ0n) is 13.8. The molecule has 1 saturated heterocycles. The molecule has 1 N–H and O–H groups in total. The minimum atomic E-state index is -0.570. The smallest absolute Gasteiger partial charge is 0.257 e. The van der Waals surface area contributed by atoms with Gasteiger partial charge in [-0.1, -0.05) is 6.07 Å². The van der Waals surface area contributed by atoms with Gasteiger partial charge in [0.1, 0.15) is 17.1 Å². The average molecular weight is 319 g/mol. The molecule has 0 saturated carbocycles. The third kappa shape index (κ3) is 2.38. The standard InChI is InChI=1S/C17H21NO5/c1-17(9-19)13(23-17)8-11-15(22-4)10-6-5-7-12(21-3)14(10)18(2)16(11)20/h5-7,13,19H,8-9H2,1-4H3. The van der Waals surface area contributed by atoms with Crippen LogP contribution in [-0.4, -0.2) is 42.2 Å². The molecule has 0 aliphatic carbocycles. The molecule has 1 aliphatic heterocycles. The number of aliphatic hydroxyl groups is 1. The van der Waals surface area contributed by atoms with Gasteiger partial charge in [0.25, 0.3) is 5.56 Å². The van der Waals surface area contributed by atoms with E-state index in [-0.39, 0.29) is 18.3 Å². The summed E-state index contributed by atoms with van der Waals surface area (Å²) in [4.78, 5) is 12.8. The first-order chi connectivity index (χ1) is 11.0.